The van der Waals surface area contributed by atoms with Gasteiger partial charge < -0.3 is 10.6 Å². The number of carbonyl (C=O) groups excluding carboxylic acids is 1. The van der Waals surface area contributed by atoms with Crippen LogP contribution in [0.4, 0.5) is 5.69 Å². The Morgan fingerprint density at radius 1 is 1.29 bits per heavy atom. The van der Waals surface area contributed by atoms with E-state index in [-0.39, 0.29) is 5.91 Å². The molecule has 1 fully saturated rings. The molecule has 3 rings (SSSR count). The lowest BCUT2D eigenvalue weighted by molar-refractivity contribution is -0.116. The third kappa shape index (κ3) is 2.67. The van der Waals surface area contributed by atoms with Crippen molar-refractivity contribution in [3.63, 3.8) is 0 Å². The summed E-state index contributed by atoms with van der Waals surface area (Å²) in [5.74, 6) is 0.139. The van der Waals surface area contributed by atoms with Gasteiger partial charge >= 0.3 is 0 Å². The highest BCUT2D eigenvalue weighted by Gasteiger charge is 2.19. The molecule has 3 nitrogen and oxygen atoms in total. The normalized spacial score (nSPS) is 18.7. The van der Waals surface area contributed by atoms with Crippen LogP contribution < -0.4 is 10.6 Å². The van der Waals surface area contributed by atoms with Crippen LogP contribution in [0.5, 0.6) is 0 Å². The van der Waals surface area contributed by atoms with Crippen molar-refractivity contribution in [2.45, 2.75) is 38.1 Å². The fourth-order valence-corrected chi connectivity index (χ4v) is 2.30. The van der Waals surface area contributed by atoms with Crippen molar-refractivity contribution in [1.29, 1.82) is 0 Å². The first kappa shape index (κ1) is 10.8. The fourth-order valence-electron chi connectivity index (χ4n) is 2.30. The average molecular weight is 230 g/mol. The lowest BCUT2D eigenvalue weighted by Gasteiger charge is -2.17. The molecule has 1 amide bonds. The molecule has 3 heteroatoms. The van der Waals surface area contributed by atoms with Gasteiger partial charge in [0.05, 0.1) is 0 Å². The molecule has 90 valence electrons. The van der Waals surface area contributed by atoms with Crippen molar-refractivity contribution in [3.05, 3.63) is 29.3 Å². The van der Waals surface area contributed by atoms with Crippen molar-refractivity contribution in [3.8, 4) is 0 Å². The molecular formula is C14H18N2O. The Morgan fingerprint density at radius 3 is 3.00 bits per heavy atom. The quantitative estimate of drug-likeness (QED) is 0.829. The second-order valence-corrected chi connectivity index (χ2v) is 5.02. The Hall–Kier alpha value is -1.35. The molecule has 0 saturated heterocycles. The Balaban J connectivity index is 1.63. The van der Waals surface area contributed by atoms with Crippen LogP contribution in [0.1, 0.15) is 30.4 Å². The zero-order chi connectivity index (χ0) is 11.7. The van der Waals surface area contributed by atoms with Gasteiger partial charge in [0.1, 0.15) is 0 Å². The van der Waals surface area contributed by atoms with Crippen LogP contribution in [0, 0.1) is 0 Å². The molecule has 2 N–H and O–H groups in total. The van der Waals surface area contributed by atoms with Crippen molar-refractivity contribution >= 4 is 11.6 Å². The molecular weight excluding hydrogens is 212 g/mol. The molecule has 0 unspecified atom stereocenters. The van der Waals surface area contributed by atoms with Crippen LogP contribution in [0.3, 0.4) is 0 Å². The van der Waals surface area contributed by atoms with E-state index in [1.54, 1.807) is 0 Å². The Bertz CT molecular complexity index is 438. The van der Waals surface area contributed by atoms with Gasteiger partial charge in [-0.2, -0.15) is 0 Å². The number of hydrogen-bond acceptors (Lipinski definition) is 2. The van der Waals surface area contributed by atoms with Crippen molar-refractivity contribution in [2.24, 2.45) is 0 Å². The van der Waals surface area contributed by atoms with Gasteiger partial charge in [-0.25, -0.2) is 0 Å². The monoisotopic (exact) mass is 230 g/mol. The molecule has 0 spiro atoms. The average Bonchev–Trinajstić information content (AvgIpc) is 3.13. The molecule has 0 bridgehead atoms. The molecule has 1 aliphatic carbocycles. The molecule has 0 aromatic heterocycles. The number of aryl methyl sites for hydroxylation is 1. The molecule has 2 aliphatic rings. The first-order valence-corrected chi connectivity index (χ1v) is 6.46. The number of fused-ring (bicyclic) bond motifs is 1. The van der Waals surface area contributed by atoms with E-state index >= 15 is 0 Å². The van der Waals surface area contributed by atoms with Crippen LogP contribution in [0.15, 0.2) is 18.2 Å². The zero-order valence-corrected chi connectivity index (χ0v) is 9.96. The molecule has 17 heavy (non-hydrogen) atoms. The summed E-state index contributed by atoms with van der Waals surface area (Å²) in [6.07, 6.45) is 5.27. The van der Waals surface area contributed by atoms with Crippen LogP contribution in [0.25, 0.3) is 0 Å². The zero-order valence-electron chi connectivity index (χ0n) is 9.96. The number of carbonyl (C=O) groups is 1. The number of amides is 1. The van der Waals surface area contributed by atoms with E-state index in [0.717, 1.165) is 31.1 Å². The Kier molecular flexibility index (Phi) is 2.85. The number of benzene rings is 1. The fraction of sp³-hybridized carbons (Fsp3) is 0.500. The summed E-state index contributed by atoms with van der Waals surface area (Å²) in [5, 5.41) is 6.44. The van der Waals surface area contributed by atoms with Crippen LogP contribution in [0.2, 0.25) is 0 Å². The smallest absolute Gasteiger partial charge is 0.224 e. The maximum absolute atomic E-state index is 11.2. The molecule has 0 radical (unpaired) electrons. The molecule has 1 heterocycles. The van der Waals surface area contributed by atoms with E-state index in [4.69, 9.17) is 0 Å². The van der Waals surface area contributed by atoms with Crippen LogP contribution in [-0.4, -0.2) is 18.5 Å². The van der Waals surface area contributed by atoms with Gasteiger partial charge in [0.2, 0.25) is 5.91 Å². The lowest BCUT2D eigenvalue weighted by atomic mass is 9.99. The summed E-state index contributed by atoms with van der Waals surface area (Å²) >= 11 is 0. The van der Waals surface area contributed by atoms with E-state index in [1.807, 2.05) is 6.07 Å². The standard InChI is InChI=1S/C14H18N2O/c17-14-6-2-11-9-10(1-5-13(11)16-14)7-8-15-12-3-4-12/h1,5,9,12,15H,2-4,6-8H2,(H,16,17). The largest absolute Gasteiger partial charge is 0.326 e. The summed E-state index contributed by atoms with van der Waals surface area (Å²) in [5.41, 5.74) is 3.65. The number of hydrogen-bond donors (Lipinski definition) is 2. The molecule has 1 aromatic carbocycles. The number of nitrogens with one attached hydrogen (secondary N) is 2. The molecule has 1 saturated carbocycles. The highest BCUT2D eigenvalue weighted by molar-refractivity contribution is 5.93. The minimum atomic E-state index is 0.139. The summed E-state index contributed by atoms with van der Waals surface area (Å²) in [7, 11) is 0. The van der Waals surface area contributed by atoms with E-state index in [2.05, 4.69) is 22.8 Å². The van der Waals surface area contributed by atoms with Gasteiger partial charge in [-0.1, -0.05) is 12.1 Å². The van der Waals surface area contributed by atoms with Gasteiger partial charge in [-0.05, 0) is 49.4 Å². The van der Waals surface area contributed by atoms with E-state index < -0.39 is 0 Å². The molecule has 1 aromatic rings. The van der Waals surface area contributed by atoms with Gasteiger partial charge in [0, 0.05) is 18.2 Å². The summed E-state index contributed by atoms with van der Waals surface area (Å²) in [6.45, 7) is 1.07. The van der Waals surface area contributed by atoms with Crippen molar-refractivity contribution in [1.82, 2.24) is 5.32 Å². The van der Waals surface area contributed by atoms with Crippen molar-refractivity contribution < 1.29 is 4.79 Å². The maximum Gasteiger partial charge on any atom is 0.224 e. The third-order valence-electron chi connectivity index (χ3n) is 3.49. The van der Waals surface area contributed by atoms with Gasteiger partial charge in [-0.15, -0.1) is 0 Å². The molecule has 1 aliphatic heterocycles. The van der Waals surface area contributed by atoms with E-state index in [9.17, 15) is 4.79 Å². The highest BCUT2D eigenvalue weighted by Crippen LogP contribution is 2.24. The topological polar surface area (TPSA) is 41.1 Å². The SMILES string of the molecule is O=C1CCc2cc(CCNC3CC3)ccc2N1. The minimum Gasteiger partial charge on any atom is -0.326 e. The second kappa shape index (κ2) is 4.49. The van der Waals surface area contributed by atoms with Gasteiger partial charge in [-0.3, -0.25) is 4.79 Å². The first-order chi connectivity index (χ1) is 8.31. The predicted octanol–water partition coefficient (Wildman–Crippen LogP) is 1.87. The summed E-state index contributed by atoms with van der Waals surface area (Å²) in [6, 6.07) is 7.19. The highest BCUT2D eigenvalue weighted by atomic mass is 16.1. The number of anilines is 1. The predicted molar refractivity (Wildman–Crippen MR) is 68.1 cm³/mol. The minimum absolute atomic E-state index is 0.139. The van der Waals surface area contributed by atoms with E-state index in [0.29, 0.717) is 6.42 Å². The maximum atomic E-state index is 11.2. The third-order valence-corrected chi connectivity index (χ3v) is 3.49. The Labute approximate surface area is 102 Å². The lowest BCUT2D eigenvalue weighted by Crippen LogP contribution is -2.20. The van der Waals surface area contributed by atoms with Gasteiger partial charge in [0.15, 0.2) is 0 Å². The molecule has 0 atom stereocenters. The van der Waals surface area contributed by atoms with E-state index in [1.165, 1.54) is 24.0 Å². The first-order valence-electron chi connectivity index (χ1n) is 6.46. The van der Waals surface area contributed by atoms with Crippen LogP contribution in [-0.2, 0) is 17.6 Å². The van der Waals surface area contributed by atoms with Crippen molar-refractivity contribution in [2.75, 3.05) is 11.9 Å². The Morgan fingerprint density at radius 2 is 2.18 bits per heavy atom. The summed E-state index contributed by atoms with van der Waals surface area (Å²) in [4.78, 5) is 11.2. The van der Waals surface area contributed by atoms with Crippen LogP contribution >= 0.6 is 0 Å². The number of rotatable bonds is 4. The summed E-state index contributed by atoms with van der Waals surface area (Å²) < 4.78 is 0. The van der Waals surface area contributed by atoms with Gasteiger partial charge in [0.25, 0.3) is 0 Å². The second-order valence-electron chi connectivity index (χ2n) is 5.02.